The Kier molecular flexibility index (Phi) is 3.71. The van der Waals surface area contributed by atoms with Crippen LogP contribution in [0.4, 0.5) is 0 Å². The van der Waals surface area contributed by atoms with Crippen LogP contribution in [0.3, 0.4) is 0 Å². The average molecular weight is 250 g/mol. The third-order valence-electron chi connectivity index (χ3n) is 3.29. The molecule has 1 aliphatic rings. The van der Waals surface area contributed by atoms with Crippen LogP contribution in [0.15, 0.2) is 6.07 Å². The highest BCUT2D eigenvalue weighted by Crippen LogP contribution is 2.20. The number of rotatable bonds is 2. The summed E-state index contributed by atoms with van der Waals surface area (Å²) in [5.74, 6) is -0.0753. The second-order valence-electron chi connectivity index (χ2n) is 5.91. The topological polar surface area (TPSA) is 69.8 Å². The van der Waals surface area contributed by atoms with Crippen LogP contribution >= 0.6 is 0 Å². The van der Waals surface area contributed by atoms with Crippen LogP contribution < -0.4 is 10.6 Å². The van der Waals surface area contributed by atoms with Gasteiger partial charge in [-0.25, -0.2) is 0 Å². The summed E-state index contributed by atoms with van der Waals surface area (Å²) in [5, 5.41) is 13.4. The maximum absolute atomic E-state index is 12.0. The number of nitrogens with one attached hydrogen (secondary N) is 3. The third-order valence-corrected chi connectivity index (χ3v) is 3.29. The van der Waals surface area contributed by atoms with Gasteiger partial charge in [0.2, 0.25) is 0 Å². The van der Waals surface area contributed by atoms with Crippen molar-refractivity contribution in [2.24, 2.45) is 0 Å². The van der Waals surface area contributed by atoms with E-state index in [1.807, 2.05) is 6.07 Å². The van der Waals surface area contributed by atoms with E-state index in [1.54, 1.807) is 0 Å². The number of hydrogen-bond acceptors (Lipinski definition) is 3. The highest BCUT2D eigenvalue weighted by atomic mass is 16.2. The van der Waals surface area contributed by atoms with Gasteiger partial charge in [0.15, 0.2) is 0 Å². The fraction of sp³-hybridized carbons (Fsp3) is 0.692. The van der Waals surface area contributed by atoms with E-state index in [1.165, 1.54) is 0 Å². The molecule has 0 aromatic carbocycles. The van der Waals surface area contributed by atoms with Crippen molar-refractivity contribution in [2.45, 2.75) is 45.1 Å². The molecule has 100 valence electrons. The summed E-state index contributed by atoms with van der Waals surface area (Å²) < 4.78 is 0. The third kappa shape index (κ3) is 3.10. The van der Waals surface area contributed by atoms with Gasteiger partial charge >= 0.3 is 0 Å². The first-order valence-electron chi connectivity index (χ1n) is 6.54. The summed E-state index contributed by atoms with van der Waals surface area (Å²) in [6.45, 7) is 8.22. The van der Waals surface area contributed by atoms with Gasteiger partial charge in [0.1, 0.15) is 5.69 Å². The molecule has 0 unspecified atom stereocenters. The van der Waals surface area contributed by atoms with Crippen molar-refractivity contribution in [1.29, 1.82) is 0 Å². The van der Waals surface area contributed by atoms with Crippen LogP contribution in [0.2, 0.25) is 0 Å². The zero-order valence-electron chi connectivity index (χ0n) is 11.3. The van der Waals surface area contributed by atoms with Crippen LogP contribution in [0.25, 0.3) is 0 Å². The normalized spacial score (nSPS) is 17.7. The molecule has 2 rings (SSSR count). The summed E-state index contributed by atoms with van der Waals surface area (Å²) in [6, 6.07) is 2.12. The molecule has 1 aromatic rings. The molecule has 0 atom stereocenters. The van der Waals surface area contributed by atoms with Gasteiger partial charge in [-0.3, -0.25) is 9.89 Å². The molecule has 0 radical (unpaired) electrons. The Balaban J connectivity index is 1.98. The number of H-pyrrole nitrogens is 1. The van der Waals surface area contributed by atoms with Gasteiger partial charge in [-0.05, 0) is 32.0 Å². The van der Waals surface area contributed by atoms with E-state index in [0.717, 1.165) is 31.6 Å². The minimum atomic E-state index is -0.0753. The van der Waals surface area contributed by atoms with Crippen LogP contribution in [0, 0.1) is 0 Å². The number of amides is 1. The van der Waals surface area contributed by atoms with Crippen LogP contribution in [-0.4, -0.2) is 35.2 Å². The zero-order valence-corrected chi connectivity index (χ0v) is 11.3. The van der Waals surface area contributed by atoms with Crippen LogP contribution in [0.1, 0.15) is 49.8 Å². The molecule has 1 fully saturated rings. The number of piperidine rings is 1. The summed E-state index contributed by atoms with van der Waals surface area (Å²) in [5.41, 5.74) is 1.46. The molecular formula is C13H22N4O. The van der Waals surface area contributed by atoms with Crippen molar-refractivity contribution in [3.8, 4) is 0 Å². The van der Waals surface area contributed by atoms with Gasteiger partial charge in [0.05, 0.1) is 0 Å². The fourth-order valence-electron chi connectivity index (χ4n) is 2.05. The summed E-state index contributed by atoms with van der Waals surface area (Å²) in [4.78, 5) is 12.0. The molecule has 0 saturated carbocycles. The number of hydrogen-bond donors (Lipinski definition) is 3. The number of carbonyl (C=O) groups is 1. The Morgan fingerprint density at radius 3 is 2.61 bits per heavy atom. The van der Waals surface area contributed by atoms with Crippen LogP contribution in [0.5, 0.6) is 0 Å². The maximum atomic E-state index is 12.0. The van der Waals surface area contributed by atoms with E-state index in [2.05, 4.69) is 41.6 Å². The van der Waals surface area contributed by atoms with Crippen molar-refractivity contribution in [3.05, 3.63) is 17.5 Å². The second-order valence-corrected chi connectivity index (χ2v) is 5.91. The quantitative estimate of drug-likeness (QED) is 0.738. The SMILES string of the molecule is CC(C)(C)c1cc(C(=O)NC2CCNCC2)n[nH]1. The number of aromatic amines is 1. The molecule has 1 aliphatic heterocycles. The van der Waals surface area contributed by atoms with E-state index >= 15 is 0 Å². The van der Waals surface area contributed by atoms with Crippen molar-refractivity contribution in [2.75, 3.05) is 13.1 Å². The first kappa shape index (κ1) is 13.1. The van der Waals surface area contributed by atoms with Gasteiger partial charge < -0.3 is 10.6 Å². The lowest BCUT2D eigenvalue weighted by Gasteiger charge is -2.23. The smallest absolute Gasteiger partial charge is 0.271 e. The Morgan fingerprint density at radius 1 is 1.39 bits per heavy atom. The molecular weight excluding hydrogens is 228 g/mol. The van der Waals surface area contributed by atoms with Gasteiger partial charge in [-0.15, -0.1) is 0 Å². The standard InChI is InChI=1S/C13H22N4O/c1-13(2,3)11-8-10(16-17-11)12(18)15-9-4-6-14-7-5-9/h8-9,14H,4-7H2,1-3H3,(H,15,18)(H,16,17). The molecule has 5 nitrogen and oxygen atoms in total. The Hall–Kier alpha value is -1.36. The van der Waals surface area contributed by atoms with Crippen LogP contribution in [-0.2, 0) is 5.41 Å². The number of nitrogens with zero attached hydrogens (tertiary/aromatic N) is 1. The molecule has 0 spiro atoms. The van der Waals surface area contributed by atoms with E-state index in [9.17, 15) is 4.79 Å². The highest BCUT2D eigenvalue weighted by molar-refractivity contribution is 5.92. The lowest BCUT2D eigenvalue weighted by Crippen LogP contribution is -2.42. The minimum Gasteiger partial charge on any atom is -0.348 e. The predicted octanol–water partition coefficient (Wildman–Crippen LogP) is 1.19. The molecule has 0 aliphatic carbocycles. The van der Waals surface area contributed by atoms with Crippen molar-refractivity contribution < 1.29 is 4.79 Å². The maximum Gasteiger partial charge on any atom is 0.271 e. The monoisotopic (exact) mass is 250 g/mol. The average Bonchev–Trinajstić information content (AvgIpc) is 2.79. The highest BCUT2D eigenvalue weighted by Gasteiger charge is 2.21. The molecule has 1 aromatic heterocycles. The lowest BCUT2D eigenvalue weighted by molar-refractivity contribution is 0.0924. The van der Waals surface area contributed by atoms with Crippen molar-refractivity contribution >= 4 is 5.91 Å². The first-order valence-corrected chi connectivity index (χ1v) is 6.54. The number of carbonyl (C=O) groups excluding carboxylic acids is 1. The predicted molar refractivity (Wildman–Crippen MR) is 70.6 cm³/mol. The van der Waals surface area contributed by atoms with E-state index < -0.39 is 0 Å². The Bertz CT molecular complexity index is 413. The minimum absolute atomic E-state index is 0.0136. The molecule has 3 N–H and O–H groups in total. The summed E-state index contributed by atoms with van der Waals surface area (Å²) >= 11 is 0. The molecule has 18 heavy (non-hydrogen) atoms. The zero-order chi connectivity index (χ0) is 13.2. The second kappa shape index (κ2) is 5.10. The molecule has 1 amide bonds. The van der Waals surface area contributed by atoms with E-state index in [4.69, 9.17) is 0 Å². The Morgan fingerprint density at radius 2 is 2.06 bits per heavy atom. The van der Waals surface area contributed by atoms with Gasteiger partial charge in [-0.1, -0.05) is 20.8 Å². The first-order chi connectivity index (χ1) is 8.47. The summed E-state index contributed by atoms with van der Waals surface area (Å²) in [6.07, 6.45) is 1.98. The number of aromatic nitrogens is 2. The Labute approximate surface area is 108 Å². The van der Waals surface area contributed by atoms with Gasteiger partial charge in [0, 0.05) is 17.2 Å². The molecule has 0 bridgehead atoms. The largest absolute Gasteiger partial charge is 0.348 e. The van der Waals surface area contributed by atoms with Gasteiger partial charge in [0.25, 0.3) is 5.91 Å². The fourth-order valence-corrected chi connectivity index (χ4v) is 2.05. The van der Waals surface area contributed by atoms with E-state index in [0.29, 0.717) is 5.69 Å². The van der Waals surface area contributed by atoms with Gasteiger partial charge in [-0.2, -0.15) is 5.10 Å². The lowest BCUT2D eigenvalue weighted by atomic mass is 9.92. The van der Waals surface area contributed by atoms with Crippen molar-refractivity contribution in [1.82, 2.24) is 20.8 Å². The molecule has 1 saturated heterocycles. The van der Waals surface area contributed by atoms with E-state index in [-0.39, 0.29) is 17.4 Å². The molecule has 5 heteroatoms. The van der Waals surface area contributed by atoms with Crippen molar-refractivity contribution in [3.63, 3.8) is 0 Å². The molecule has 2 heterocycles. The summed E-state index contributed by atoms with van der Waals surface area (Å²) in [7, 11) is 0.